The highest BCUT2D eigenvalue weighted by atomic mass is 32.2. The van der Waals surface area contributed by atoms with Gasteiger partial charge in [-0.2, -0.15) is 5.10 Å². The van der Waals surface area contributed by atoms with Gasteiger partial charge in [0.05, 0.1) is 12.4 Å². The van der Waals surface area contributed by atoms with Crippen LogP contribution in [0.5, 0.6) is 0 Å². The molecule has 0 fully saturated rings. The van der Waals surface area contributed by atoms with Crippen molar-refractivity contribution >= 4 is 17.4 Å². The Morgan fingerprint density at radius 3 is 2.88 bits per heavy atom. The van der Waals surface area contributed by atoms with E-state index >= 15 is 0 Å². The predicted octanol–water partition coefficient (Wildman–Crippen LogP) is 2.42. The molecule has 1 aromatic carbocycles. The van der Waals surface area contributed by atoms with Crippen LogP contribution >= 0.6 is 11.8 Å². The Hall–Kier alpha value is -1.88. The highest BCUT2D eigenvalue weighted by Gasteiger charge is 2.00. The summed E-state index contributed by atoms with van der Waals surface area (Å²) in [5.74, 6) is 0.911. The maximum Gasteiger partial charge on any atom is 0.173 e. The fourth-order valence-corrected chi connectivity index (χ4v) is 2.32. The summed E-state index contributed by atoms with van der Waals surface area (Å²) >= 11 is 1.69. The van der Waals surface area contributed by atoms with Crippen molar-refractivity contribution in [2.24, 2.45) is 0 Å². The molecule has 2 heterocycles. The summed E-state index contributed by atoms with van der Waals surface area (Å²) in [6, 6.07) is 10.3. The molecule has 0 bridgehead atoms. The smallest absolute Gasteiger partial charge is 0.173 e. The zero-order valence-corrected chi connectivity index (χ0v) is 9.84. The molecule has 5 heteroatoms. The molecular formula is C12H10N4S. The third-order valence-electron chi connectivity index (χ3n) is 2.37. The number of fused-ring (bicyclic) bond motifs is 1. The average Bonchev–Trinajstić information content (AvgIpc) is 2.85. The van der Waals surface area contributed by atoms with Crippen LogP contribution in [0.25, 0.3) is 5.65 Å². The van der Waals surface area contributed by atoms with Gasteiger partial charge in [-0.1, -0.05) is 30.3 Å². The number of rotatable bonds is 3. The Bertz CT molecular complexity index is 620. The van der Waals surface area contributed by atoms with Crippen LogP contribution in [0.3, 0.4) is 0 Å². The fourth-order valence-electron chi connectivity index (χ4n) is 1.52. The lowest BCUT2D eigenvalue weighted by atomic mass is 10.2. The van der Waals surface area contributed by atoms with Crippen LogP contribution in [0.1, 0.15) is 5.56 Å². The van der Waals surface area contributed by atoms with Crippen LogP contribution in [0, 0.1) is 0 Å². The van der Waals surface area contributed by atoms with E-state index in [0.717, 1.165) is 16.4 Å². The lowest BCUT2D eigenvalue weighted by Gasteiger charge is -2.01. The molecule has 0 spiro atoms. The fraction of sp³-hybridized carbons (Fsp3) is 0.0833. The van der Waals surface area contributed by atoms with E-state index in [-0.39, 0.29) is 0 Å². The average molecular weight is 242 g/mol. The van der Waals surface area contributed by atoms with Crippen LogP contribution in [0.4, 0.5) is 0 Å². The molecule has 0 saturated heterocycles. The van der Waals surface area contributed by atoms with Gasteiger partial charge < -0.3 is 0 Å². The highest BCUT2D eigenvalue weighted by Crippen LogP contribution is 2.20. The first-order chi connectivity index (χ1) is 8.42. The van der Waals surface area contributed by atoms with Crippen LogP contribution in [-0.2, 0) is 5.75 Å². The van der Waals surface area contributed by atoms with E-state index in [1.807, 2.05) is 24.4 Å². The first kappa shape index (κ1) is 10.3. The monoisotopic (exact) mass is 242 g/mol. The summed E-state index contributed by atoms with van der Waals surface area (Å²) in [6.07, 6.45) is 5.17. The molecule has 0 amide bonds. The Morgan fingerprint density at radius 1 is 1.12 bits per heavy atom. The van der Waals surface area contributed by atoms with Crippen molar-refractivity contribution < 1.29 is 0 Å². The molecule has 0 unspecified atom stereocenters. The topological polar surface area (TPSA) is 43.1 Å². The summed E-state index contributed by atoms with van der Waals surface area (Å²) in [6.45, 7) is 0. The molecule has 0 radical (unpaired) electrons. The first-order valence-electron chi connectivity index (χ1n) is 5.24. The van der Waals surface area contributed by atoms with Gasteiger partial charge >= 0.3 is 0 Å². The van der Waals surface area contributed by atoms with Crippen LogP contribution in [0.15, 0.2) is 54.1 Å². The maximum atomic E-state index is 4.33. The summed E-state index contributed by atoms with van der Waals surface area (Å²) in [5, 5.41) is 5.04. The largest absolute Gasteiger partial charge is 0.244 e. The van der Waals surface area contributed by atoms with Gasteiger partial charge in [0.15, 0.2) is 5.65 Å². The summed E-state index contributed by atoms with van der Waals surface area (Å²) in [7, 11) is 0. The standard InChI is InChI=1S/C12H10N4S/c1-2-4-10(5-3-1)8-17-12-7-16-11(6-13-12)14-9-15-16/h1-7,9H,8H2. The van der Waals surface area contributed by atoms with Crippen LogP contribution in [0.2, 0.25) is 0 Å². The number of thioether (sulfide) groups is 1. The minimum atomic E-state index is 0.772. The lowest BCUT2D eigenvalue weighted by Crippen LogP contribution is -1.91. The van der Waals surface area contributed by atoms with Crippen molar-refractivity contribution in [2.45, 2.75) is 10.8 Å². The summed E-state index contributed by atoms with van der Waals surface area (Å²) in [5.41, 5.74) is 2.06. The van der Waals surface area contributed by atoms with Gasteiger partial charge in [0.1, 0.15) is 11.4 Å². The van der Waals surface area contributed by atoms with Crippen LogP contribution < -0.4 is 0 Å². The molecule has 0 N–H and O–H groups in total. The van der Waals surface area contributed by atoms with Gasteiger partial charge in [0.25, 0.3) is 0 Å². The zero-order valence-electron chi connectivity index (χ0n) is 9.02. The molecule has 0 atom stereocenters. The molecular weight excluding hydrogens is 232 g/mol. The van der Waals surface area contributed by atoms with Crippen molar-refractivity contribution in [2.75, 3.05) is 0 Å². The maximum absolute atomic E-state index is 4.33. The molecule has 17 heavy (non-hydrogen) atoms. The lowest BCUT2D eigenvalue weighted by molar-refractivity contribution is 0.903. The van der Waals surface area contributed by atoms with E-state index in [9.17, 15) is 0 Å². The van der Waals surface area contributed by atoms with E-state index in [1.165, 1.54) is 11.9 Å². The second-order valence-corrected chi connectivity index (χ2v) is 4.56. The van der Waals surface area contributed by atoms with Crippen LogP contribution in [-0.4, -0.2) is 19.6 Å². The van der Waals surface area contributed by atoms with Gasteiger partial charge in [-0.3, -0.25) is 0 Å². The summed E-state index contributed by atoms with van der Waals surface area (Å²) < 4.78 is 1.74. The van der Waals surface area contributed by atoms with Gasteiger partial charge in [-0.25, -0.2) is 14.5 Å². The minimum absolute atomic E-state index is 0.772. The van der Waals surface area contributed by atoms with Gasteiger partial charge in [0.2, 0.25) is 0 Å². The Kier molecular flexibility index (Phi) is 2.75. The number of aromatic nitrogens is 4. The number of hydrogen-bond acceptors (Lipinski definition) is 4. The van der Waals surface area contributed by atoms with E-state index in [2.05, 4.69) is 27.2 Å². The van der Waals surface area contributed by atoms with E-state index in [1.54, 1.807) is 22.5 Å². The predicted molar refractivity (Wildman–Crippen MR) is 66.8 cm³/mol. The quantitative estimate of drug-likeness (QED) is 0.661. The molecule has 0 aliphatic rings. The molecule has 2 aromatic heterocycles. The third kappa shape index (κ3) is 2.29. The Labute approximate surface area is 103 Å². The molecule has 84 valence electrons. The SMILES string of the molecule is c1ccc(CSc2cn3ncnc3cn2)cc1. The number of nitrogens with zero attached hydrogens (tertiary/aromatic N) is 4. The Morgan fingerprint density at radius 2 is 2.00 bits per heavy atom. The molecule has 3 rings (SSSR count). The van der Waals surface area contributed by atoms with E-state index < -0.39 is 0 Å². The van der Waals surface area contributed by atoms with Crippen molar-refractivity contribution in [3.8, 4) is 0 Å². The third-order valence-corrected chi connectivity index (χ3v) is 3.35. The molecule has 0 aliphatic carbocycles. The normalized spacial score (nSPS) is 10.8. The second-order valence-electron chi connectivity index (χ2n) is 3.56. The van der Waals surface area contributed by atoms with Gasteiger partial charge in [0, 0.05) is 5.75 Å². The molecule has 3 aromatic rings. The second kappa shape index (κ2) is 4.55. The summed E-state index contributed by atoms with van der Waals surface area (Å²) in [4.78, 5) is 8.39. The number of hydrogen-bond donors (Lipinski definition) is 0. The van der Waals surface area contributed by atoms with Gasteiger partial charge in [-0.15, -0.1) is 11.8 Å². The highest BCUT2D eigenvalue weighted by molar-refractivity contribution is 7.98. The van der Waals surface area contributed by atoms with E-state index in [0.29, 0.717) is 0 Å². The molecule has 0 aliphatic heterocycles. The zero-order chi connectivity index (χ0) is 11.5. The van der Waals surface area contributed by atoms with Gasteiger partial charge in [-0.05, 0) is 5.56 Å². The first-order valence-corrected chi connectivity index (χ1v) is 6.22. The minimum Gasteiger partial charge on any atom is -0.244 e. The number of benzene rings is 1. The van der Waals surface area contributed by atoms with Crippen molar-refractivity contribution in [1.29, 1.82) is 0 Å². The Balaban J connectivity index is 1.76. The van der Waals surface area contributed by atoms with Crippen molar-refractivity contribution in [3.63, 3.8) is 0 Å². The molecule has 4 nitrogen and oxygen atoms in total. The van der Waals surface area contributed by atoms with Crippen molar-refractivity contribution in [1.82, 2.24) is 19.6 Å². The van der Waals surface area contributed by atoms with E-state index in [4.69, 9.17) is 0 Å². The molecule has 0 saturated carbocycles. The van der Waals surface area contributed by atoms with Crippen molar-refractivity contribution in [3.05, 3.63) is 54.6 Å².